The van der Waals surface area contributed by atoms with Crippen molar-refractivity contribution in [3.8, 4) is 11.5 Å². The van der Waals surface area contributed by atoms with Crippen molar-refractivity contribution in [2.45, 2.75) is 20.4 Å². The van der Waals surface area contributed by atoms with E-state index < -0.39 is 0 Å². The second-order valence-electron chi connectivity index (χ2n) is 5.01. The Balaban J connectivity index is 1.98. The molecule has 1 aromatic heterocycles. The fraction of sp³-hybridized carbons (Fsp3) is 0.375. The zero-order valence-corrected chi connectivity index (χ0v) is 13.3. The Morgan fingerprint density at radius 2 is 1.77 bits per heavy atom. The normalized spacial score (nSPS) is 10.4. The van der Waals surface area contributed by atoms with Crippen LogP contribution in [-0.2, 0) is 6.54 Å². The molecule has 0 aliphatic rings. The van der Waals surface area contributed by atoms with E-state index in [0.717, 1.165) is 11.4 Å². The number of hydrogen-bond acceptors (Lipinski definition) is 4. The molecule has 118 valence electrons. The number of carbonyl (C=O) groups excluding carboxylic acids is 1. The molecule has 22 heavy (non-hydrogen) atoms. The maximum Gasteiger partial charge on any atom is 0.251 e. The van der Waals surface area contributed by atoms with Gasteiger partial charge in [0.1, 0.15) is 11.5 Å². The van der Waals surface area contributed by atoms with Gasteiger partial charge < -0.3 is 14.8 Å². The first-order chi connectivity index (χ1) is 10.5. The summed E-state index contributed by atoms with van der Waals surface area (Å²) in [5, 5.41) is 7.24. The molecule has 0 atom stereocenters. The third-order valence-corrected chi connectivity index (χ3v) is 3.33. The van der Waals surface area contributed by atoms with Crippen molar-refractivity contribution in [2.24, 2.45) is 0 Å². The molecular formula is C16H21N3O3. The van der Waals surface area contributed by atoms with Crippen molar-refractivity contribution in [3.05, 3.63) is 41.2 Å². The summed E-state index contributed by atoms with van der Waals surface area (Å²) in [7, 11) is 3.11. The number of nitrogens with one attached hydrogen (secondary N) is 1. The van der Waals surface area contributed by atoms with Gasteiger partial charge in [0.15, 0.2) is 0 Å². The van der Waals surface area contributed by atoms with Gasteiger partial charge in [-0.2, -0.15) is 5.10 Å². The maximum atomic E-state index is 12.2. The van der Waals surface area contributed by atoms with E-state index in [1.165, 1.54) is 0 Å². The fourth-order valence-electron chi connectivity index (χ4n) is 2.22. The number of carbonyl (C=O) groups is 1. The summed E-state index contributed by atoms with van der Waals surface area (Å²) in [6.07, 6.45) is 0. The monoisotopic (exact) mass is 303 g/mol. The number of aromatic nitrogens is 2. The Bertz CT molecular complexity index is 642. The van der Waals surface area contributed by atoms with E-state index in [1.807, 2.05) is 24.6 Å². The Labute approximate surface area is 130 Å². The van der Waals surface area contributed by atoms with Gasteiger partial charge in [-0.3, -0.25) is 9.48 Å². The molecule has 1 heterocycles. The van der Waals surface area contributed by atoms with E-state index in [4.69, 9.17) is 9.47 Å². The standard InChI is InChI=1S/C16H21N3O3/c1-11-7-12(2)19(18-11)6-5-17-16(20)13-8-14(21-3)10-15(9-13)22-4/h7-10H,5-6H2,1-4H3,(H,17,20). The van der Waals surface area contributed by atoms with Crippen LogP contribution in [0, 0.1) is 13.8 Å². The summed E-state index contributed by atoms with van der Waals surface area (Å²) < 4.78 is 12.2. The van der Waals surface area contributed by atoms with Gasteiger partial charge in [-0.05, 0) is 32.0 Å². The van der Waals surface area contributed by atoms with Crippen LogP contribution < -0.4 is 14.8 Å². The van der Waals surface area contributed by atoms with Gasteiger partial charge in [-0.15, -0.1) is 0 Å². The van der Waals surface area contributed by atoms with E-state index in [-0.39, 0.29) is 5.91 Å². The van der Waals surface area contributed by atoms with Crippen LogP contribution in [0.4, 0.5) is 0 Å². The Kier molecular flexibility index (Phi) is 5.04. The van der Waals surface area contributed by atoms with Crippen molar-refractivity contribution in [3.63, 3.8) is 0 Å². The van der Waals surface area contributed by atoms with Crippen LogP contribution in [0.5, 0.6) is 11.5 Å². The van der Waals surface area contributed by atoms with E-state index in [0.29, 0.717) is 30.2 Å². The van der Waals surface area contributed by atoms with Crippen LogP contribution in [0.1, 0.15) is 21.7 Å². The number of hydrogen-bond donors (Lipinski definition) is 1. The second kappa shape index (κ2) is 6.98. The van der Waals surface area contributed by atoms with E-state index >= 15 is 0 Å². The molecule has 0 saturated carbocycles. The van der Waals surface area contributed by atoms with Gasteiger partial charge in [0, 0.05) is 23.9 Å². The highest BCUT2D eigenvalue weighted by atomic mass is 16.5. The first kappa shape index (κ1) is 15.9. The summed E-state index contributed by atoms with van der Waals surface area (Å²) >= 11 is 0. The van der Waals surface area contributed by atoms with E-state index in [9.17, 15) is 4.79 Å². The van der Waals surface area contributed by atoms with E-state index in [2.05, 4.69) is 10.4 Å². The predicted octanol–water partition coefficient (Wildman–Crippen LogP) is 1.95. The largest absolute Gasteiger partial charge is 0.497 e. The van der Waals surface area contributed by atoms with E-state index in [1.54, 1.807) is 32.4 Å². The smallest absolute Gasteiger partial charge is 0.251 e. The molecule has 1 N–H and O–H groups in total. The third kappa shape index (κ3) is 3.78. The summed E-state index contributed by atoms with van der Waals surface area (Å²) in [6.45, 7) is 5.08. The zero-order valence-electron chi connectivity index (χ0n) is 13.3. The van der Waals surface area contributed by atoms with Gasteiger partial charge in [-0.1, -0.05) is 0 Å². The lowest BCUT2D eigenvalue weighted by molar-refractivity contribution is 0.0951. The molecule has 0 spiro atoms. The Morgan fingerprint density at radius 1 is 1.14 bits per heavy atom. The molecule has 0 unspecified atom stereocenters. The first-order valence-corrected chi connectivity index (χ1v) is 7.06. The molecule has 0 radical (unpaired) electrons. The molecule has 1 aromatic carbocycles. The van der Waals surface area contributed by atoms with Gasteiger partial charge in [-0.25, -0.2) is 0 Å². The quantitative estimate of drug-likeness (QED) is 0.886. The molecule has 0 fully saturated rings. The molecule has 1 amide bonds. The molecular weight excluding hydrogens is 282 g/mol. The SMILES string of the molecule is COc1cc(OC)cc(C(=O)NCCn2nc(C)cc2C)c1. The van der Waals surface area contributed by atoms with Crippen LogP contribution in [0.3, 0.4) is 0 Å². The third-order valence-electron chi connectivity index (χ3n) is 3.33. The first-order valence-electron chi connectivity index (χ1n) is 7.06. The second-order valence-corrected chi connectivity index (χ2v) is 5.01. The van der Waals surface area contributed by atoms with Crippen molar-refractivity contribution in [1.29, 1.82) is 0 Å². The number of amides is 1. The number of nitrogens with zero attached hydrogens (tertiary/aromatic N) is 2. The minimum atomic E-state index is -0.168. The Morgan fingerprint density at radius 3 is 2.27 bits per heavy atom. The van der Waals surface area contributed by atoms with Crippen LogP contribution in [0.25, 0.3) is 0 Å². The van der Waals surface area contributed by atoms with Gasteiger partial charge in [0.2, 0.25) is 0 Å². The predicted molar refractivity (Wildman–Crippen MR) is 83.6 cm³/mol. The molecule has 0 aliphatic carbocycles. The average molecular weight is 303 g/mol. The van der Waals surface area contributed by atoms with Gasteiger partial charge in [0.05, 0.1) is 26.5 Å². The lowest BCUT2D eigenvalue weighted by Gasteiger charge is -2.10. The highest BCUT2D eigenvalue weighted by Gasteiger charge is 2.10. The highest BCUT2D eigenvalue weighted by Crippen LogP contribution is 2.22. The summed E-state index contributed by atoms with van der Waals surface area (Å²) in [5.74, 6) is 1.00. The summed E-state index contributed by atoms with van der Waals surface area (Å²) in [6, 6.07) is 7.10. The number of rotatable bonds is 6. The maximum absolute atomic E-state index is 12.2. The fourth-order valence-corrected chi connectivity index (χ4v) is 2.22. The minimum absolute atomic E-state index is 0.168. The molecule has 6 nitrogen and oxygen atoms in total. The van der Waals surface area contributed by atoms with Gasteiger partial charge >= 0.3 is 0 Å². The molecule has 2 aromatic rings. The van der Waals surface area contributed by atoms with Crippen LogP contribution in [0.15, 0.2) is 24.3 Å². The van der Waals surface area contributed by atoms with Crippen molar-refractivity contribution >= 4 is 5.91 Å². The lowest BCUT2D eigenvalue weighted by atomic mass is 10.2. The van der Waals surface area contributed by atoms with Crippen molar-refractivity contribution in [1.82, 2.24) is 15.1 Å². The average Bonchev–Trinajstić information content (AvgIpc) is 2.84. The topological polar surface area (TPSA) is 65.4 Å². The molecule has 0 aliphatic heterocycles. The zero-order chi connectivity index (χ0) is 16.1. The number of ether oxygens (including phenoxy) is 2. The molecule has 0 saturated heterocycles. The molecule has 6 heteroatoms. The molecule has 0 bridgehead atoms. The van der Waals surface area contributed by atoms with Crippen LogP contribution >= 0.6 is 0 Å². The van der Waals surface area contributed by atoms with Crippen LogP contribution in [0.2, 0.25) is 0 Å². The van der Waals surface area contributed by atoms with Crippen LogP contribution in [-0.4, -0.2) is 36.5 Å². The summed E-state index contributed by atoms with van der Waals surface area (Å²) in [4.78, 5) is 12.2. The number of aryl methyl sites for hydroxylation is 2. The lowest BCUT2D eigenvalue weighted by Crippen LogP contribution is -2.27. The summed E-state index contributed by atoms with van der Waals surface area (Å²) in [5.41, 5.74) is 2.56. The van der Waals surface area contributed by atoms with Gasteiger partial charge in [0.25, 0.3) is 5.91 Å². The highest BCUT2D eigenvalue weighted by molar-refractivity contribution is 5.95. The number of benzene rings is 1. The van der Waals surface area contributed by atoms with Crippen molar-refractivity contribution in [2.75, 3.05) is 20.8 Å². The number of methoxy groups -OCH3 is 2. The van der Waals surface area contributed by atoms with Crippen molar-refractivity contribution < 1.29 is 14.3 Å². The molecule has 2 rings (SSSR count). The Hall–Kier alpha value is -2.50. The minimum Gasteiger partial charge on any atom is -0.497 e.